The van der Waals surface area contributed by atoms with Gasteiger partial charge in [0.25, 0.3) is 5.91 Å². The lowest BCUT2D eigenvalue weighted by Gasteiger charge is -2.08. The molecular weight excluding hydrogens is 398 g/mol. The summed E-state index contributed by atoms with van der Waals surface area (Å²) >= 11 is 0. The summed E-state index contributed by atoms with van der Waals surface area (Å²) in [7, 11) is -0.547. The van der Waals surface area contributed by atoms with Crippen LogP contribution in [0.1, 0.15) is 17.3 Å². The van der Waals surface area contributed by atoms with E-state index in [4.69, 9.17) is 13.9 Å². The lowest BCUT2D eigenvalue weighted by atomic mass is 10.2. The molecule has 0 radical (unpaired) electrons. The molecule has 0 atom stereocenters. The summed E-state index contributed by atoms with van der Waals surface area (Å²) in [6, 6.07) is 10.8. The fraction of sp³-hybridized carbons (Fsp3) is 0.211. The van der Waals surface area contributed by atoms with Gasteiger partial charge in [-0.15, -0.1) is 5.10 Å². The molecule has 0 fully saturated rings. The Morgan fingerprint density at radius 1 is 1.07 bits per heavy atom. The van der Waals surface area contributed by atoms with Gasteiger partial charge in [-0.05, 0) is 24.3 Å². The van der Waals surface area contributed by atoms with Crippen molar-refractivity contribution in [2.75, 3.05) is 25.3 Å². The van der Waals surface area contributed by atoms with Crippen LogP contribution >= 0.6 is 0 Å². The number of ether oxygens (including phenoxy) is 2. The molecule has 0 unspecified atom stereocenters. The number of rotatable bonds is 7. The first-order chi connectivity index (χ1) is 13.9. The number of methoxy groups -OCH3 is 2. The van der Waals surface area contributed by atoms with Crippen molar-refractivity contribution in [3.8, 4) is 23.0 Å². The zero-order valence-corrected chi connectivity index (χ0v) is 16.8. The zero-order valence-electron chi connectivity index (χ0n) is 16.0. The third-order valence-corrected chi connectivity index (χ3v) is 5.88. The SMILES string of the molecule is CCS(=O)(=O)c1ccccc1C(=O)Nc1nnc(-c2cc(OC)cc(OC)c2)o1. The fourth-order valence-corrected chi connectivity index (χ4v) is 3.66. The highest BCUT2D eigenvalue weighted by Crippen LogP contribution is 2.29. The maximum atomic E-state index is 12.6. The van der Waals surface area contributed by atoms with Gasteiger partial charge in [-0.2, -0.15) is 0 Å². The van der Waals surface area contributed by atoms with Crippen LogP contribution in [0.2, 0.25) is 0 Å². The lowest BCUT2D eigenvalue weighted by molar-refractivity contribution is 0.102. The number of carbonyl (C=O) groups excluding carboxylic acids is 1. The maximum Gasteiger partial charge on any atom is 0.322 e. The quantitative estimate of drug-likeness (QED) is 0.623. The summed E-state index contributed by atoms with van der Waals surface area (Å²) in [5, 5.41) is 10.1. The molecule has 10 heteroatoms. The maximum absolute atomic E-state index is 12.6. The predicted molar refractivity (Wildman–Crippen MR) is 105 cm³/mol. The number of hydrogen-bond acceptors (Lipinski definition) is 8. The molecule has 1 heterocycles. The van der Waals surface area contributed by atoms with Gasteiger partial charge in [0, 0.05) is 11.6 Å². The van der Waals surface area contributed by atoms with Gasteiger partial charge in [0.15, 0.2) is 9.84 Å². The number of nitrogens with one attached hydrogen (secondary N) is 1. The number of hydrogen-bond donors (Lipinski definition) is 1. The second kappa shape index (κ2) is 8.31. The number of anilines is 1. The van der Waals surface area contributed by atoms with Crippen molar-refractivity contribution < 1.29 is 27.1 Å². The summed E-state index contributed by atoms with van der Waals surface area (Å²) in [5.74, 6) is 0.395. The van der Waals surface area contributed by atoms with Crippen LogP contribution in [0.4, 0.5) is 6.01 Å². The highest BCUT2D eigenvalue weighted by atomic mass is 32.2. The second-order valence-electron chi connectivity index (χ2n) is 5.87. The van der Waals surface area contributed by atoms with E-state index in [1.54, 1.807) is 30.3 Å². The van der Waals surface area contributed by atoms with Gasteiger partial charge in [-0.1, -0.05) is 24.2 Å². The topological polar surface area (TPSA) is 121 Å². The third kappa shape index (κ3) is 4.37. The van der Waals surface area contributed by atoms with Crippen LogP contribution in [0.15, 0.2) is 51.8 Å². The molecule has 0 aliphatic heterocycles. The number of amides is 1. The Labute approximate surface area is 167 Å². The van der Waals surface area contributed by atoms with Gasteiger partial charge < -0.3 is 13.9 Å². The molecule has 0 spiro atoms. The minimum absolute atomic E-state index is 0.00264. The molecule has 1 N–H and O–H groups in total. The molecule has 2 aromatic carbocycles. The number of benzene rings is 2. The van der Waals surface area contributed by atoms with E-state index in [0.717, 1.165) is 0 Å². The van der Waals surface area contributed by atoms with Crippen molar-refractivity contribution in [2.45, 2.75) is 11.8 Å². The van der Waals surface area contributed by atoms with Crippen LogP contribution in [-0.4, -0.2) is 44.5 Å². The molecule has 0 saturated carbocycles. The average molecular weight is 417 g/mol. The van der Waals surface area contributed by atoms with Crippen molar-refractivity contribution in [3.05, 3.63) is 48.0 Å². The summed E-state index contributed by atoms with van der Waals surface area (Å²) in [5.41, 5.74) is 0.528. The van der Waals surface area contributed by atoms with Gasteiger partial charge in [-0.3, -0.25) is 10.1 Å². The second-order valence-corrected chi connectivity index (χ2v) is 8.11. The van der Waals surface area contributed by atoms with Crippen molar-refractivity contribution in [3.63, 3.8) is 0 Å². The van der Waals surface area contributed by atoms with E-state index in [9.17, 15) is 13.2 Å². The molecule has 3 aromatic rings. The molecule has 152 valence electrons. The van der Waals surface area contributed by atoms with Gasteiger partial charge in [-0.25, -0.2) is 8.42 Å². The number of aromatic nitrogens is 2. The highest BCUT2D eigenvalue weighted by Gasteiger charge is 2.22. The fourth-order valence-electron chi connectivity index (χ4n) is 2.57. The minimum Gasteiger partial charge on any atom is -0.497 e. The highest BCUT2D eigenvalue weighted by molar-refractivity contribution is 7.91. The Kier molecular flexibility index (Phi) is 5.83. The molecular formula is C19H19N3O6S. The molecule has 9 nitrogen and oxygen atoms in total. The Bertz CT molecular complexity index is 1120. The first-order valence-corrected chi connectivity index (χ1v) is 10.2. The van der Waals surface area contributed by atoms with Crippen molar-refractivity contribution in [1.82, 2.24) is 10.2 Å². The van der Waals surface area contributed by atoms with E-state index < -0.39 is 15.7 Å². The van der Waals surface area contributed by atoms with Crippen LogP contribution in [-0.2, 0) is 9.84 Å². The van der Waals surface area contributed by atoms with Crippen LogP contribution < -0.4 is 14.8 Å². The standard InChI is InChI=1S/C19H19N3O6S/c1-4-29(24,25)16-8-6-5-7-15(16)17(23)20-19-22-21-18(28-19)12-9-13(26-2)11-14(10-12)27-3/h5-11H,4H2,1-3H3,(H,20,22,23). The normalized spacial score (nSPS) is 11.1. The molecule has 29 heavy (non-hydrogen) atoms. The average Bonchev–Trinajstić information content (AvgIpc) is 3.21. The van der Waals surface area contributed by atoms with Gasteiger partial charge in [0.05, 0.1) is 30.4 Å². The third-order valence-electron chi connectivity index (χ3n) is 4.09. The van der Waals surface area contributed by atoms with Crippen LogP contribution in [0.25, 0.3) is 11.5 Å². The Balaban J connectivity index is 1.88. The summed E-state index contributed by atoms with van der Waals surface area (Å²) < 4.78 is 40.4. The Morgan fingerprint density at radius 3 is 2.34 bits per heavy atom. The molecule has 0 aliphatic rings. The number of nitrogens with zero attached hydrogens (tertiary/aromatic N) is 2. The predicted octanol–water partition coefficient (Wildman–Crippen LogP) is 2.80. The van der Waals surface area contributed by atoms with Gasteiger partial charge >= 0.3 is 6.01 Å². The molecule has 0 bridgehead atoms. The van der Waals surface area contributed by atoms with Gasteiger partial charge in [0.2, 0.25) is 5.89 Å². The largest absolute Gasteiger partial charge is 0.497 e. The number of sulfone groups is 1. The molecule has 1 aromatic heterocycles. The summed E-state index contributed by atoms with van der Waals surface area (Å²) in [6.07, 6.45) is 0. The molecule has 3 rings (SSSR count). The van der Waals surface area contributed by atoms with E-state index in [1.165, 1.54) is 33.3 Å². The van der Waals surface area contributed by atoms with E-state index >= 15 is 0 Å². The molecule has 0 saturated heterocycles. The van der Waals surface area contributed by atoms with E-state index in [0.29, 0.717) is 17.1 Å². The van der Waals surface area contributed by atoms with Crippen LogP contribution in [0.3, 0.4) is 0 Å². The first kappa shape index (κ1) is 20.3. The first-order valence-electron chi connectivity index (χ1n) is 8.58. The van der Waals surface area contributed by atoms with E-state index in [2.05, 4.69) is 15.5 Å². The van der Waals surface area contributed by atoms with Crippen LogP contribution in [0.5, 0.6) is 11.5 Å². The smallest absolute Gasteiger partial charge is 0.322 e. The lowest BCUT2D eigenvalue weighted by Crippen LogP contribution is -2.17. The number of carbonyl (C=O) groups is 1. The van der Waals surface area contributed by atoms with Crippen LogP contribution in [0, 0.1) is 0 Å². The summed E-state index contributed by atoms with van der Waals surface area (Å²) in [6.45, 7) is 1.51. The van der Waals surface area contributed by atoms with Gasteiger partial charge in [0.1, 0.15) is 11.5 Å². The Morgan fingerprint density at radius 2 is 1.72 bits per heavy atom. The van der Waals surface area contributed by atoms with E-state index in [1.807, 2.05) is 0 Å². The minimum atomic E-state index is -3.57. The Hall–Kier alpha value is -3.40. The van der Waals surface area contributed by atoms with Crippen molar-refractivity contribution in [2.24, 2.45) is 0 Å². The summed E-state index contributed by atoms with van der Waals surface area (Å²) in [4.78, 5) is 12.5. The van der Waals surface area contributed by atoms with E-state index in [-0.39, 0.29) is 28.1 Å². The van der Waals surface area contributed by atoms with Crippen molar-refractivity contribution >= 4 is 21.8 Å². The zero-order chi connectivity index (χ0) is 21.0. The monoisotopic (exact) mass is 417 g/mol. The molecule has 0 aliphatic carbocycles. The van der Waals surface area contributed by atoms with Crippen molar-refractivity contribution in [1.29, 1.82) is 0 Å². The molecule has 1 amide bonds.